The lowest BCUT2D eigenvalue weighted by Crippen LogP contribution is -2.40. The molecule has 148 valence electrons. The van der Waals surface area contributed by atoms with E-state index in [4.69, 9.17) is 4.74 Å². The molecular formula is C18H19N3O6S. The summed E-state index contributed by atoms with van der Waals surface area (Å²) < 4.78 is 31.5. The third kappa shape index (κ3) is 3.50. The fourth-order valence-electron chi connectivity index (χ4n) is 2.93. The van der Waals surface area contributed by atoms with Gasteiger partial charge in [0, 0.05) is 19.5 Å². The van der Waals surface area contributed by atoms with Crippen molar-refractivity contribution in [3.8, 4) is 0 Å². The van der Waals surface area contributed by atoms with Crippen LogP contribution in [-0.2, 0) is 29.1 Å². The maximum absolute atomic E-state index is 12.8. The van der Waals surface area contributed by atoms with Crippen LogP contribution < -0.4 is 9.62 Å². The number of hydrogen-bond acceptors (Lipinski definition) is 6. The second-order valence-electron chi connectivity index (χ2n) is 6.23. The summed E-state index contributed by atoms with van der Waals surface area (Å²) in [5.74, 6) is -1.81. The number of carbonyl (C=O) groups excluding carboxylic acids is 3. The lowest BCUT2D eigenvalue weighted by Gasteiger charge is -2.19. The van der Waals surface area contributed by atoms with Crippen LogP contribution in [0.2, 0.25) is 0 Å². The predicted molar refractivity (Wildman–Crippen MR) is 101 cm³/mol. The Morgan fingerprint density at radius 1 is 1.14 bits per heavy atom. The van der Waals surface area contributed by atoms with Crippen molar-refractivity contribution in [2.24, 2.45) is 0 Å². The number of sulfonamides is 1. The van der Waals surface area contributed by atoms with E-state index in [1.165, 1.54) is 20.2 Å². The summed E-state index contributed by atoms with van der Waals surface area (Å²) in [7, 11) is -1.05. The molecule has 0 aliphatic carbocycles. The summed E-state index contributed by atoms with van der Waals surface area (Å²) in [6, 6.07) is 10.0. The van der Waals surface area contributed by atoms with Crippen LogP contribution in [0.25, 0.3) is 10.8 Å². The molecule has 0 aromatic heterocycles. The zero-order valence-electron chi connectivity index (χ0n) is 15.3. The van der Waals surface area contributed by atoms with Gasteiger partial charge in [-0.15, -0.1) is 0 Å². The van der Waals surface area contributed by atoms with Crippen LogP contribution in [0.15, 0.2) is 41.3 Å². The predicted octanol–water partition coefficient (Wildman–Crippen LogP) is 0.0961. The van der Waals surface area contributed by atoms with Crippen molar-refractivity contribution in [3.05, 3.63) is 36.4 Å². The van der Waals surface area contributed by atoms with Crippen LogP contribution in [0.3, 0.4) is 0 Å². The molecule has 28 heavy (non-hydrogen) atoms. The SMILES string of the molecule is CNC(=O)CN(C)C(=O)COC(=O)CN1c2cccc3cccc(c23)S1(=O)=O. The van der Waals surface area contributed by atoms with Gasteiger partial charge in [-0.2, -0.15) is 0 Å². The highest BCUT2D eigenvalue weighted by molar-refractivity contribution is 7.93. The number of rotatable bonds is 6. The van der Waals surface area contributed by atoms with E-state index in [0.29, 0.717) is 11.1 Å². The molecule has 9 nitrogen and oxygen atoms in total. The van der Waals surface area contributed by atoms with E-state index in [2.05, 4.69) is 5.32 Å². The molecule has 1 N–H and O–H groups in total. The quantitative estimate of drug-likeness (QED) is 0.682. The third-order valence-electron chi connectivity index (χ3n) is 4.40. The normalized spacial score (nSPS) is 14.0. The number of hydrogen-bond donors (Lipinski definition) is 1. The molecule has 0 radical (unpaired) electrons. The third-order valence-corrected chi connectivity index (χ3v) is 6.20. The monoisotopic (exact) mass is 405 g/mol. The highest BCUT2D eigenvalue weighted by Gasteiger charge is 2.37. The zero-order chi connectivity index (χ0) is 20.5. The molecular weight excluding hydrogens is 386 g/mol. The molecule has 2 amide bonds. The molecule has 0 spiro atoms. The van der Waals surface area contributed by atoms with Gasteiger partial charge in [-0.1, -0.05) is 24.3 Å². The van der Waals surface area contributed by atoms with Gasteiger partial charge in [0.15, 0.2) is 6.61 Å². The molecule has 1 aliphatic rings. The molecule has 1 aliphatic heterocycles. The van der Waals surface area contributed by atoms with Crippen molar-refractivity contribution in [3.63, 3.8) is 0 Å². The van der Waals surface area contributed by atoms with Gasteiger partial charge >= 0.3 is 5.97 Å². The summed E-state index contributed by atoms with van der Waals surface area (Å²) >= 11 is 0. The van der Waals surface area contributed by atoms with E-state index in [1.807, 2.05) is 0 Å². The topological polar surface area (TPSA) is 113 Å². The van der Waals surface area contributed by atoms with E-state index >= 15 is 0 Å². The largest absolute Gasteiger partial charge is 0.454 e. The van der Waals surface area contributed by atoms with Crippen molar-refractivity contribution in [1.29, 1.82) is 0 Å². The number of carbonyl (C=O) groups is 3. The molecule has 0 saturated heterocycles. The van der Waals surface area contributed by atoms with Crippen molar-refractivity contribution in [1.82, 2.24) is 10.2 Å². The molecule has 0 atom stereocenters. The van der Waals surface area contributed by atoms with Crippen molar-refractivity contribution >= 4 is 44.3 Å². The first-order valence-electron chi connectivity index (χ1n) is 8.40. The number of benzene rings is 2. The molecule has 0 saturated carbocycles. The van der Waals surface area contributed by atoms with Crippen LogP contribution in [0.5, 0.6) is 0 Å². The smallest absolute Gasteiger partial charge is 0.327 e. The first kappa shape index (κ1) is 19.6. The average Bonchev–Trinajstić information content (AvgIpc) is 2.89. The van der Waals surface area contributed by atoms with Gasteiger partial charge in [-0.25, -0.2) is 8.42 Å². The summed E-state index contributed by atoms with van der Waals surface area (Å²) in [6.45, 7) is -1.31. The van der Waals surface area contributed by atoms with Gasteiger partial charge in [0.05, 0.1) is 17.1 Å². The van der Waals surface area contributed by atoms with Gasteiger partial charge < -0.3 is 15.0 Å². The first-order chi connectivity index (χ1) is 13.3. The maximum Gasteiger partial charge on any atom is 0.327 e. The number of nitrogens with one attached hydrogen (secondary N) is 1. The molecule has 0 unspecified atom stereocenters. The maximum atomic E-state index is 12.8. The second kappa shape index (κ2) is 7.47. The van der Waals surface area contributed by atoms with Crippen LogP contribution >= 0.6 is 0 Å². The van der Waals surface area contributed by atoms with E-state index in [0.717, 1.165) is 14.6 Å². The van der Waals surface area contributed by atoms with Crippen molar-refractivity contribution < 1.29 is 27.5 Å². The van der Waals surface area contributed by atoms with Gasteiger partial charge in [0.1, 0.15) is 6.54 Å². The summed E-state index contributed by atoms with van der Waals surface area (Å²) in [5, 5.41) is 3.68. The fourth-order valence-corrected chi connectivity index (χ4v) is 4.58. The van der Waals surface area contributed by atoms with Gasteiger partial charge in [-0.3, -0.25) is 18.7 Å². The minimum Gasteiger partial charge on any atom is -0.454 e. The summed E-state index contributed by atoms with van der Waals surface area (Å²) in [6.07, 6.45) is 0. The van der Waals surface area contributed by atoms with E-state index in [-0.39, 0.29) is 17.3 Å². The lowest BCUT2D eigenvalue weighted by molar-refractivity contribution is -0.150. The van der Waals surface area contributed by atoms with Crippen LogP contribution in [0.1, 0.15) is 0 Å². The van der Waals surface area contributed by atoms with Gasteiger partial charge in [0.25, 0.3) is 15.9 Å². The molecule has 10 heteroatoms. The van der Waals surface area contributed by atoms with E-state index < -0.39 is 35.1 Å². The van der Waals surface area contributed by atoms with Crippen LogP contribution in [0, 0.1) is 0 Å². The Morgan fingerprint density at radius 3 is 2.50 bits per heavy atom. The average molecular weight is 405 g/mol. The Labute approximate surface area is 161 Å². The molecule has 2 aromatic carbocycles. The molecule has 0 fully saturated rings. The Kier molecular flexibility index (Phi) is 5.23. The van der Waals surface area contributed by atoms with Crippen molar-refractivity contribution in [2.45, 2.75) is 4.90 Å². The molecule has 1 heterocycles. The van der Waals surface area contributed by atoms with Gasteiger partial charge in [0.2, 0.25) is 5.91 Å². The van der Waals surface area contributed by atoms with Crippen molar-refractivity contribution in [2.75, 3.05) is 38.1 Å². The standard InChI is InChI=1S/C18H19N3O6S/c1-19-15(22)9-20(2)16(23)11-27-17(24)10-21-13-7-3-5-12-6-4-8-14(18(12)13)28(21,25)26/h3-8H,9-11H2,1-2H3,(H,19,22). The van der Waals surface area contributed by atoms with E-state index in [9.17, 15) is 22.8 Å². The highest BCUT2D eigenvalue weighted by Crippen LogP contribution is 2.41. The Bertz CT molecular complexity index is 1060. The van der Waals surface area contributed by atoms with E-state index in [1.54, 1.807) is 30.3 Å². The molecule has 0 bridgehead atoms. The Balaban J connectivity index is 1.69. The number of anilines is 1. The fraction of sp³-hybridized carbons (Fsp3) is 0.278. The second-order valence-corrected chi connectivity index (χ2v) is 8.06. The minimum atomic E-state index is -3.88. The first-order valence-corrected chi connectivity index (χ1v) is 9.84. The molecule has 3 rings (SSSR count). The highest BCUT2D eigenvalue weighted by atomic mass is 32.2. The summed E-state index contributed by atoms with van der Waals surface area (Å²) in [4.78, 5) is 36.6. The number of amides is 2. The number of esters is 1. The van der Waals surface area contributed by atoms with Crippen LogP contribution in [-0.4, -0.2) is 64.9 Å². The summed E-state index contributed by atoms with van der Waals surface area (Å²) in [5.41, 5.74) is 0.396. The minimum absolute atomic E-state index is 0.134. The number of likely N-dealkylation sites (N-methyl/N-ethyl adjacent to an activating group) is 2. The zero-order valence-corrected chi connectivity index (χ0v) is 16.2. The lowest BCUT2D eigenvalue weighted by atomic mass is 10.1. The van der Waals surface area contributed by atoms with Crippen LogP contribution in [0.4, 0.5) is 5.69 Å². The number of nitrogens with zero attached hydrogens (tertiary/aromatic N) is 2. The van der Waals surface area contributed by atoms with Gasteiger partial charge in [-0.05, 0) is 17.5 Å². The number of ether oxygens (including phenoxy) is 1. The Hall–Kier alpha value is -3.14. The molecule has 2 aromatic rings. The Morgan fingerprint density at radius 2 is 1.82 bits per heavy atom.